The lowest BCUT2D eigenvalue weighted by molar-refractivity contribution is -0.245. The molecule has 0 saturated heterocycles. The van der Waals surface area contributed by atoms with Gasteiger partial charge >= 0.3 is 0 Å². The number of aldehydes is 1. The van der Waals surface area contributed by atoms with E-state index in [-0.39, 0.29) is 16.9 Å². The molecule has 32 heavy (non-hydrogen) atoms. The molecule has 10 atom stereocenters. The topological polar surface area (TPSA) is 37.3 Å². The van der Waals surface area contributed by atoms with Gasteiger partial charge in [0.1, 0.15) is 6.29 Å². The summed E-state index contributed by atoms with van der Waals surface area (Å²) in [5.41, 5.74) is 2.20. The SMILES string of the molecule is C=C(C)[C@H]1CC[C@@]2(C=O)CC[C@@]3(C)[C@@H](CC[C@@H]4[C@]5(C)CC[C@H](O)C(C)(C)[C@@H]5CC[C@@]43C)[C@H]12. The number of aliphatic hydroxyl groups is 1. The number of rotatable bonds is 2. The molecule has 2 nitrogen and oxygen atoms in total. The number of carbonyl (C=O) groups excluding carboxylic acids is 1. The zero-order chi connectivity index (χ0) is 23.3. The second-order valence-corrected chi connectivity index (χ2v) is 14.4. The Kier molecular flexibility index (Phi) is 5.03. The van der Waals surface area contributed by atoms with Gasteiger partial charge in [-0.2, -0.15) is 0 Å². The normalized spacial score (nSPS) is 56.3. The van der Waals surface area contributed by atoms with Crippen molar-refractivity contribution in [2.45, 2.75) is 112 Å². The first-order valence-corrected chi connectivity index (χ1v) is 13.7. The molecule has 5 rings (SSSR count). The Labute approximate surface area is 197 Å². The van der Waals surface area contributed by atoms with E-state index >= 15 is 0 Å². The summed E-state index contributed by atoms with van der Waals surface area (Å²) < 4.78 is 0. The molecule has 0 bridgehead atoms. The molecule has 0 unspecified atom stereocenters. The highest BCUT2D eigenvalue weighted by Crippen LogP contribution is 2.77. The Morgan fingerprint density at radius 1 is 0.844 bits per heavy atom. The van der Waals surface area contributed by atoms with E-state index in [4.69, 9.17) is 0 Å². The van der Waals surface area contributed by atoms with Crippen molar-refractivity contribution in [1.82, 2.24) is 0 Å². The average molecular weight is 441 g/mol. The first-order valence-electron chi connectivity index (χ1n) is 13.7. The Morgan fingerprint density at radius 2 is 1.56 bits per heavy atom. The molecular weight excluding hydrogens is 392 g/mol. The van der Waals surface area contributed by atoms with Crippen LogP contribution in [0.25, 0.3) is 0 Å². The minimum Gasteiger partial charge on any atom is -0.393 e. The van der Waals surface area contributed by atoms with Gasteiger partial charge in [0.15, 0.2) is 0 Å². The summed E-state index contributed by atoms with van der Waals surface area (Å²) in [7, 11) is 0. The third kappa shape index (κ3) is 2.60. The lowest BCUT2D eigenvalue weighted by Gasteiger charge is -2.72. The van der Waals surface area contributed by atoms with Crippen molar-refractivity contribution in [2.24, 2.45) is 56.7 Å². The van der Waals surface area contributed by atoms with E-state index < -0.39 is 0 Å². The van der Waals surface area contributed by atoms with Gasteiger partial charge in [-0.15, -0.1) is 0 Å². The number of aliphatic hydroxyl groups excluding tert-OH is 1. The molecule has 5 aliphatic rings. The second kappa shape index (κ2) is 6.96. The molecule has 0 spiro atoms. The van der Waals surface area contributed by atoms with E-state index in [2.05, 4.69) is 48.1 Å². The molecule has 5 fully saturated rings. The van der Waals surface area contributed by atoms with Crippen LogP contribution in [0.1, 0.15) is 106 Å². The largest absolute Gasteiger partial charge is 0.393 e. The summed E-state index contributed by atoms with van der Waals surface area (Å²) >= 11 is 0. The summed E-state index contributed by atoms with van der Waals surface area (Å²) in [6.45, 7) is 19.2. The van der Waals surface area contributed by atoms with Crippen LogP contribution < -0.4 is 0 Å². The highest BCUT2D eigenvalue weighted by atomic mass is 16.3. The first-order chi connectivity index (χ1) is 14.9. The Bertz CT molecular complexity index is 814. The van der Waals surface area contributed by atoms with Gasteiger partial charge in [-0.1, -0.05) is 46.8 Å². The van der Waals surface area contributed by atoms with Crippen molar-refractivity contribution in [3.05, 3.63) is 12.2 Å². The fourth-order valence-electron chi connectivity index (χ4n) is 11.4. The van der Waals surface area contributed by atoms with Crippen LogP contribution in [0.2, 0.25) is 0 Å². The van der Waals surface area contributed by atoms with Crippen LogP contribution in [0.5, 0.6) is 0 Å². The number of hydrogen-bond acceptors (Lipinski definition) is 2. The molecule has 0 aromatic heterocycles. The van der Waals surface area contributed by atoms with Crippen molar-refractivity contribution in [1.29, 1.82) is 0 Å². The maximum absolute atomic E-state index is 12.6. The highest BCUT2D eigenvalue weighted by molar-refractivity contribution is 5.62. The van der Waals surface area contributed by atoms with Crippen molar-refractivity contribution in [3.63, 3.8) is 0 Å². The van der Waals surface area contributed by atoms with E-state index in [1.54, 1.807) is 0 Å². The van der Waals surface area contributed by atoms with Crippen LogP contribution in [0, 0.1) is 56.7 Å². The summed E-state index contributed by atoms with van der Waals surface area (Å²) in [5, 5.41) is 10.9. The molecular formula is C30H48O2. The summed E-state index contributed by atoms with van der Waals surface area (Å²) in [5.74, 6) is 3.03. The monoisotopic (exact) mass is 440 g/mol. The Hall–Kier alpha value is -0.630. The summed E-state index contributed by atoms with van der Waals surface area (Å²) in [6, 6.07) is 0. The van der Waals surface area contributed by atoms with Gasteiger partial charge in [-0.05, 0) is 122 Å². The van der Waals surface area contributed by atoms with Gasteiger partial charge in [-0.25, -0.2) is 0 Å². The molecule has 5 saturated carbocycles. The lowest BCUT2D eigenvalue weighted by Crippen LogP contribution is -2.66. The molecule has 0 aliphatic heterocycles. The molecule has 1 N–H and O–H groups in total. The molecule has 5 aliphatic carbocycles. The van der Waals surface area contributed by atoms with Crippen molar-refractivity contribution in [2.75, 3.05) is 0 Å². The zero-order valence-electron chi connectivity index (χ0n) is 21.7. The van der Waals surface area contributed by atoms with Gasteiger partial charge in [0.25, 0.3) is 0 Å². The molecule has 0 aromatic rings. The lowest BCUT2D eigenvalue weighted by atomic mass is 9.32. The fourth-order valence-corrected chi connectivity index (χ4v) is 11.4. The van der Waals surface area contributed by atoms with E-state index in [9.17, 15) is 9.90 Å². The van der Waals surface area contributed by atoms with Crippen LogP contribution in [0.15, 0.2) is 12.2 Å². The quantitative estimate of drug-likeness (QED) is 0.364. The van der Waals surface area contributed by atoms with E-state index in [1.807, 2.05) is 0 Å². The fraction of sp³-hybridized carbons (Fsp3) is 0.900. The van der Waals surface area contributed by atoms with Gasteiger partial charge in [0.2, 0.25) is 0 Å². The minimum atomic E-state index is -0.158. The van der Waals surface area contributed by atoms with Crippen LogP contribution in [-0.2, 0) is 4.79 Å². The third-order valence-corrected chi connectivity index (χ3v) is 13.3. The highest BCUT2D eigenvalue weighted by Gasteiger charge is 2.70. The minimum absolute atomic E-state index is 0.0157. The number of fused-ring (bicyclic) bond motifs is 7. The predicted octanol–water partition coefficient (Wildman–Crippen LogP) is 7.20. The van der Waals surface area contributed by atoms with Crippen molar-refractivity contribution < 1.29 is 9.90 Å². The Balaban J connectivity index is 1.56. The van der Waals surface area contributed by atoms with Gasteiger partial charge in [-0.3, -0.25) is 0 Å². The molecule has 0 amide bonds. The maximum atomic E-state index is 12.6. The van der Waals surface area contributed by atoms with Crippen molar-refractivity contribution >= 4 is 6.29 Å². The number of allylic oxidation sites excluding steroid dienone is 1. The predicted molar refractivity (Wildman–Crippen MR) is 131 cm³/mol. The van der Waals surface area contributed by atoms with E-state index in [0.29, 0.717) is 39.9 Å². The van der Waals surface area contributed by atoms with Gasteiger partial charge in [0, 0.05) is 5.41 Å². The van der Waals surface area contributed by atoms with Crippen molar-refractivity contribution in [3.8, 4) is 0 Å². The number of carbonyl (C=O) groups is 1. The van der Waals surface area contributed by atoms with E-state index in [1.165, 1.54) is 50.4 Å². The third-order valence-electron chi connectivity index (χ3n) is 13.3. The molecule has 0 heterocycles. The smallest absolute Gasteiger partial charge is 0.126 e. The van der Waals surface area contributed by atoms with Gasteiger partial charge < -0.3 is 9.90 Å². The Morgan fingerprint density at radius 3 is 2.22 bits per heavy atom. The molecule has 0 aromatic carbocycles. The van der Waals surface area contributed by atoms with Gasteiger partial charge in [0.05, 0.1) is 6.10 Å². The summed E-state index contributed by atoms with van der Waals surface area (Å²) in [4.78, 5) is 12.6. The standard InChI is InChI=1S/C30H48O2/c1-19(2)20-10-15-30(18-31)17-16-28(6)21(25(20)30)8-9-23-27(5)13-12-24(32)26(3,4)22(27)11-14-29(23,28)7/h18,20-25,32H,1,8-17H2,2-7H3/t20-,21+,22+,23-,24+,25+,27-,28+,29+,30+/m1/s1. The van der Waals surface area contributed by atoms with Crippen LogP contribution in [0.4, 0.5) is 0 Å². The molecule has 2 heteroatoms. The summed E-state index contributed by atoms with van der Waals surface area (Å²) in [6.07, 6.45) is 13.1. The van der Waals surface area contributed by atoms with Crippen LogP contribution in [0.3, 0.4) is 0 Å². The molecule has 0 radical (unpaired) electrons. The second-order valence-electron chi connectivity index (χ2n) is 14.4. The van der Waals surface area contributed by atoms with E-state index in [0.717, 1.165) is 31.6 Å². The van der Waals surface area contributed by atoms with Crippen LogP contribution >= 0.6 is 0 Å². The zero-order valence-corrected chi connectivity index (χ0v) is 21.7. The van der Waals surface area contributed by atoms with Crippen LogP contribution in [-0.4, -0.2) is 17.5 Å². The maximum Gasteiger partial charge on any atom is 0.126 e. The first kappa shape index (κ1) is 23.1. The molecule has 180 valence electrons. The number of hydrogen-bond donors (Lipinski definition) is 1. The average Bonchev–Trinajstić information content (AvgIpc) is 3.12.